The molecule has 130 valence electrons. The number of hydrogen-bond donors (Lipinski definition) is 2. The highest BCUT2D eigenvalue weighted by molar-refractivity contribution is 7.15. The van der Waals surface area contributed by atoms with Gasteiger partial charge in [0, 0.05) is 34.5 Å². The van der Waals surface area contributed by atoms with Crippen LogP contribution in [0.3, 0.4) is 0 Å². The minimum Gasteiger partial charge on any atom is -0.319 e. The Morgan fingerprint density at radius 1 is 1.28 bits per heavy atom. The molecule has 0 bridgehead atoms. The molecule has 1 saturated carbocycles. The number of benzene rings is 1. The van der Waals surface area contributed by atoms with Gasteiger partial charge in [0.15, 0.2) is 5.13 Å². The summed E-state index contributed by atoms with van der Waals surface area (Å²) in [5.74, 6) is 0.211. The van der Waals surface area contributed by atoms with Crippen LogP contribution >= 0.6 is 22.9 Å². The number of urea groups is 1. The monoisotopic (exact) mass is 376 g/mol. The third-order valence-electron chi connectivity index (χ3n) is 4.27. The van der Waals surface area contributed by atoms with Gasteiger partial charge in [-0.3, -0.25) is 4.79 Å². The lowest BCUT2D eigenvalue weighted by molar-refractivity contribution is -0.117. The summed E-state index contributed by atoms with van der Waals surface area (Å²) in [4.78, 5) is 31.6. The van der Waals surface area contributed by atoms with E-state index in [0.717, 1.165) is 23.4 Å². The molecule has 2 N–H and O–H groups in total. The van der Waals surface area contributed by atoms with Crippen LogP contribution in [0.15, 0.2) is 24.3 Å². The minimum absolute atomic E-state index is 0.0571. The van der Waals surface area contributed by atoms with Gasteiger partial charge in [0.05, 0.1) is 12.2 Å². The summed E-state index contributed by atoms with van der Waals surface area (Å²) in [5.41, 5.74) is 1.65. The quantitative estimate of drug-likeness (QED) is 0.857. The highest BCUT2D eigenvalue weighted by Crippen LogP contribution is 2.33. The number of nitrogens with zero attached hydrogens (tertiary/aromatic N) is 2. The molecule has 25 heavy (non-hydrogen) atoms. The number of halogens is 1. The number of rotatable bonds is 3. The Balaban J connectivity index is 1.40. The fraction of sp³-hybridized carbons (Fsp3) is 0.353. The molecule has 6 nitrogen and oxygen atoms in total. The van der Waals surface area contributed by atoms with Gasteiger partial charge >= 0.3 is 6.03 Å². The predicted octanol–water partition coefficient (Wildman–Crippen LogP) is 3.74. The van der Waals surface area contributed by atoms with Crippen molar-refractivity contribution < 1.29 is 9.59 Å². The molecule has 1 fully saturated rings. The van der Waals surface area contributed by atoms with E-state index in [4.69, 9.17) is 11.6 Å². The van der Waals surface area contributed by atoms with Gasteiger partial charge < -0.3 is 15.5 Å². The molecule has 1 aliphatic heterocycles. The van der Waals surface area contributed by atoms with Gasteiger partial charge in [0.1, 0.15) is 0 Å². The normalized spacial score (nSPS) is 16.3. The maximum atomic E-state index is 12.5. The van der Waals surface area contributed by atoms with E-state index in [1.54, 1.807) is 29.2 Å². The molecule has 1 aliphatic carbocycles. The van der Waals surface area contributed by atoms with Gasteiger partial charge in [-0.25, -0.2) is 9.78 Å². The Morgan fingerprint density at radius 3 is 2.88 bits per heavy atom. The lowest BCUT2D eigenvalue weighted by atomic mass is 10.2. The number of nitrogens with one attached hydrogen (secondary N) is 2. The Hall–Kier alpha value is -2.12. The molecule has 2 heterocycles. The van der Waals surface area contributed by atoms with Gasteiger partial charge in [0.25, 0.3) is 0 Å². The zero-order chi connectivity index (χ0) is 17.4. The Labute approximate surface area is 154 Å². The zero-order valence-corrected chi connectivity index (χ0v) is 15.0. The molecule has 0 atom stereocenters. The second-order valence-corrected chi connectivity index (χ2v) is 7.78. The first kappa shape index (κ1) is 16.4. The van der Waals surface area contributed by atoms with Crippen LogP contribution < -0.4 is 10.6 Å². The molecule has 4 rings (SSSR count). The van der Waals surface area contributed by atoms with E-state index in [-0.39, 0.29) is 17.9 Å². The zero-order valence-electron chi connectivity index (χ0n) is 13.4. The Bertz CT molecular complexity index is 834. The molecule has 2 aliphatic rings. The van der Waals surface area contributed by atoms with Gasteiger partial charge in [-0.1, -0.05) is 29.0 Å². The molecule has 2 aromatic rings. The van der Waals surface area contributed by atoms with Crippen molar-refractivity contribution in [2.24, 2.45) is 5.92 Å². The molecule has 0 spiro atoms. The number of amides is 3. The topological polar surface area (TPSA) is 74.3 Å². The second-order valence-electron chi connectivity index (χ2n) is 6.26. The Morgan fingerprint density at radius 2 is 2.12 bits per heavy atom. The van der Waals surface area contributed by atoms with E-state index in [1.165, 1.54) is 11.3 Å². The summed E-state index contributed by atoms with van der Waals surface area (Å²) in [7, 11) is 0. The molecule has 0 radical (unpaired) electrons. The van der Waals surface area contributed by atoms with Crippen molar-refractivity contribution in [1.82, 2.24) is 9.88 Å². The highest BCUT2D eigenvalue weighted by atomic mass is 35.5. The van der Waals surface area contributed by atoms with Crippen LogP contribution in [-0.4, -0.2) is 28.4 Å². The maximum Gasteiger partial charge on any atom is 0.322 e. The summed E-state index contributed by atoms with van der Waals surface area (Å²) in [6, 6.07) is 6.92. The number of aromatic nitrogens is 1. The summed E-state index contributed by atoms with van der Waals surface area (Å²) >= 11 is 7.40. The maximum absolute atomic E-state index is 12.5. The molecule has 8 heteroatoms. The van der Waals surface area contributed by atoms with Crippen molar-refractivity contribution in [1.29, 1.82) is 0 Å². The van der Waals surface area contributed by atoms with Gasteiger partial charge in [0.2, 0.25) is 5.91 Å². The number of carbonyl (C=O) groups is 2. The van der Waals surface area contributed by atoms with E-state index in [1.807, 2.05) is 0 Å². The minimum atomic E-state index is -0.162. The molecule has 0 saturated heterocycles. The van der Waals surface area contributed by atoms with Gasteiger partial charge in [-0.15, -0.1) is 0 Å². The third-order valence-corrected chi connectivity index (χ3v) is 5.51. The number of hydrogen-bond acceptors (Lipinski definition) is 4. The number of anilines is 2. The van der Waals surface area contributed by atoms with Crippen LogP contribution in [0.1, 0.15) is 23.4 Å². The second kappa shape index (κ2) is 6.65. The smallest absolute Gasteiger partial charge is 0.319 e. The summed E-state index contributed by atoms with van der Waals surface area (Å²) < 4.78 is 0. The van der Waals surface area contributed by atoms with Crippen LogP contribution in [0.4, 0.5) is 15.6 Å². The molecular formula is C17H17ClN4O2S. The third kappa shape index (κ3) is 3.77. The van der Waals surface area contributed by atoms with E-state index in [0.29, 0.717) is 35.4 Å². The van der Waals surface area contributed by atoms with Crippen molar-refractivity contribution >= 4 is 45.7 Å². The van der Waals surface area contributed by atoms with Gasteiger partial charge in [-0.2, -0.15) is 0 Å². The molecular weight excluding hydrogens is 360 g/mol. The summed E-state index contributed by atoms with van der Waals surface area (Å²) in [6.45, 7) is 1.10. The standard InChI is InChI=1S/C17H17ClN4O2S/c18-11-2-1-3-12(8-11)19-17(24)22-7-6-13-14(9-22)25-16(20-13)21-15(23)10-4-5-10/h1-3,8,10H,4-7,9H2,(H,19,24)(H,20,21,23). The SMILES string of the molecule is O=C(Nc1nc2c(s1)CN(C(=O)Nc1cccc(Cl)c1)CC2)C1CC1. The van der Waals surface area contributed by atoms with Crippen LogP contribution in [0.25, 0.3) is 0 Å². The van der Waals surface area contributed by atoms with Crippen LogP contribution in [0.5, 0.6) is 0 Å². The number of carbonyl (C=O) groups excluding carboxylic acids is 2. The van der Waals surface area contributed by atoms with Crippen molar-refractivity contribution in [3.63, 3.8) is 0 Å². The summed E-state index contributed by atoms with van der Waals surface area (Å²) in [6.07, 6.45) is 2.62. The van der Waals surface area contributed by atoms with Crippen molar-refractivity contribution in [3.8, 4) is 0 Å². The van der Waals surface area contributed by atoms with Gasteiger partial charge in [-0.05, 0) is 31.0 Å². The molecule has 1 aromatic heterocycles. The summed E-state index contributed by atoms with van der Waals surface area (Å²) in [5, 5.41) is 6.97. The average molecular weight is 377 g/mol. The van der Waals surface area contributed by atoms with Crippen LogP contribution in [-0.2, 0) is 17.8 Å². The first-order chi connectivity index (χ1) is 12.1. The first-order valence-electron chi connectivity index (χ1n) is 8.19. The largest absolute Gasteiger partial charge is 0.322 e. The Kier molecular flexibility index (Phi) is 4.35. The highest BCUT2D eigenvalue weighted by Gasteiger charge is 2.31. The van der Waals surface area contributed by atoms with Crippen molar-refractivity contribution in [2.45, 2.75) is 25.8 Å². The molecule has 3 amide bonds. The lowest BCUT2D eigenvalue weighted by Crippen LogP contribution is -2.38. The molecule has 0 unspecified atom stereocenters. The van der Waals surface area contributed by atoms with Crippen LogP contribution in [0, 0.1) is 5.92 Å². The average Bonchev–Trinajstić information content (AvgIpc) is 3.35. The first-order valence-corrected chi connectivity index (χ1v) is 9.39. The number of thiazole rings is 1. The van der Waals surface area contributed by atoms with E-state index in [9.17, 15) is 9.59 Å². The van der Waals surface area contributed by atoms with Crippen molar-refractivity contribution in [2.75, 3.05) is 17.2 Å². The van der Waals surface area contributed by atoms with Crippen LogP contribution in [0.2, 0.25) is 5.02 Å². The lowest BCUT2D eigenvalue weighted by Gasteiger charge is -2.26. The fourth-order valence-corrected chi connectivity index (χ4v) is 3.96. The predicted molar refractivity (Wildman–Crippen MR) is 98.1 cm³/mol. The fourth-order valence-electron chi connectivity index (χ4n) is 2.74. The van der Waals surface area contributed by atoms with Crippen molar-refractivity contribution in [3.05, 3.63) is 39.9 Å². The van der Waals surface area contributed by atoms with E-state index in [2.05, 4.69) is 15.6 Å². The number of fused-ring (bicyclic) bond motifs is 1. The molecule has 1 aromatic carbocycles. The van der Waals surface area contributed by atoms with E-state index >= 15 is 0 Å². The van der Waals surface area contributed by atoms with E-state index < -0.39 is 0 Å².